The molecule has 0 heterocycles. The smallest absolute Gasteiger partial charge is 0.382 e. The first-order chi connectivity index (χ1) is 9.31. The third kappa shape index (κ3) is 3.84. The number of carbonyl (C=O) groups is 1. The van der Waals surface area contributed by atoms with Crippen LogP contribution in [0.2, 0.25) is 0 Å². The van der Waals surface area contributed by atoms with Crippen molar-refractivity contribution in [1.82, 2.24) is 4.90 Å². The van der Waals surface area contributed by atoms with Crippen molar-refractivity contribution in [1.29, 1.82) is 0 Å². The van der Waals surface area contributed by atoms with Gasteiger partial charge in [0.2, 0.25) is 5.91 Å². The molecule has 0 aromatic heterocycles. The van der Waals surface area contributed by atoms with E-state index in [0.29, 0.717) is 5.56 Å². The zero-order chi connectivity index (χ0) is 15.3. The van der Waals surface area contributed by atoms with E-state index in [1.54, 1.807) is 0 Å². The first-order valence-electron chi connectivity index (χ1n) is 5.86. The Bertz CT molecular complexity index is 486. The largest absolute Gasteiger partial charge is 0.416 e. The van der Waals surface area contributed by atoms with Gasteiger partial charge in [-0.1, -0.05) is 18.7 Å². The van der Waals surface area contributed by atoms with E-state index in [1.165, 1.54) is 31.2 Å². The molecule has 0 spiro atoms. The first-order valence-corrected chi connectivity index (χ1v) is 5.86. The molecule has 0 aliphatic heterocycles. The Morgan fingerprint density at radius 1 is 1.50 bits per heavy atom. The van der Waals surface area contributed by atoms with Crippen molar-refractivity contribution in [2.24, 2.45) is 0 Å². The normalized spacial score (nSPS) is 12.8. The number of halogens is 3. The second kappa shape index (κ2) is 6.56. The molecular formula is C14H16F3NO2. The van der Waals surface area contributed by atoms with Gasteiger partial charge < -0.3 is 9.64 Å². The summed E-state index contributed by atoms with van der Waals surface area (Å²) in [6, 6.07) is 4.26. The molecule has 0 fully saturated rings. The molecule has 20 heavy (non-hydrogen) atoms. The van der Waals surface area contributed by atoms with Crippen molar-refractivity contribution in [3.05, 3.63) is 48.0 Å². The van der Waals surface area contributed by atoms with Crippen LogP contribution in [0.15, 0.2) is 36.9 Å². The molecule has 0 bridgehead atoms. The van der Waals surface area contributed by atoms with Crippen LogP contribution in [0.4, 0.5) is 13.2 Å². The Morgan fingerprint density at radius 2 is 2.15 bits per heavy atom. The number of carbonyl (C=O) groups excluding carboxylic acids is 1. The van der Waals surface area contributed by atoms with E-state index >= 15 is 0 Å². The van der Waals surface area contributed by atoms with Crippen molar-refractivity contribution < 1.29 is 22.7 Å². The molecule has 0 aliphatic rings. The number of rotatable bonds is 5. The number of alkyl halides is 3. The van der Waals surface area contributed by atoms with Crippen molar-refractivity contribution in [3.63, 3.8) is 0 Å². The van der Waals surface area contributed by atoms with E-state index in [0.717, 1.165) is 18.2 Å². The molecule has 0 saturated heterocycles. The average Bonchev–Trinajstić information content (AvgIpc) is 2.42. The van der Waals surface area contributed by atoms with Crippen LogP contribution in [-0.4, -0.2) is 31.6 Å². The van der Waals surface area contributed by atoms with E-state index in [9.17, 15) is 18.0 Å². The summed E-state index contributed by atoms with van der Waals surface area (Å²) in [5, 5.41) is 0. The van der Waals surface area contributed by atoms with Gasteiger partial charge in [-0.3, -0.25) is 4.79 Å². The Hall–Kier alpha value is -1.82. The zero-order valence-electron chi connectivity index (χ0n) is 11.3. The second-order valence-corrected chi connectivity index (χ2v) is 4.25. The van der Waals surface area contributed by atoms with Crippen molar-refractivity contribution in [2.75, 3.05) is 20.8 Å². The summed E-state index contributed by atoms with van der Waals surface area (Å²) in [6.07, 6.45) is -3.31. The Labute approximate surface area is 115 Å². The minimum absolute atomic E-state index is 0.0946. The summed E-state index contributed by atoms with van der Waals surface area (Å²) < 4.78 is 43.1. The van der Waals surface area contributed by atoms with Crippen molar-refractivity contribution in [3.8, 4) is 0 Å². The molecule has 1 aromatic carbocycles. The van der Waals surface area contributed by atoms with Gasteiger partial charge in [0.05, 0.1) is 18.2 Å². The third-order valence-corrected chi connectivity index (χ3v) is 2.91. The fourth-order valence-corrected chi connectivity index (χ4v) is 1.81. The van der Waals surface area contributed by atoms with Gasteiger partial charge >= 0.3 is 6.18 Å². The highest BCUT2D eigenvalue weighted by molar-refractivity contribution is 5.87. The molecule has 0 saturated carbocycles. The monoisotopic (exact) mass is 287 g/mol. The minimum atomic E-state index is -4.42. The van der Waals surface area contributed by atoms with Crippen molar-refractivity contribution in [2.45, 2.75) is 12.2 Å². The molecular weight excluding hydrogens is 271 g/mol. The van der Waals surface area contributed by atoms with Gasteiger partial charge in [0.25, 0.3) is 0 Å². The van der Waals surface area contributed by atoms with E-state index in [2.05, 4.69) is 6.58 Å². The second-order valence-electron chi connectivity index (χ2n) is 4.25. The molecule has 1 aromatic rings. The number of ether oxygens (including phenoxy) is 1. The lowest BCUT2D eigenvalue weighted by atomic mass is 10.0. The molecule has 1 unspecified atom stereocenters. The number of hydrogen-bond donors (Lipinski definition) is 0. The van der Waals surface area contributed by atoms with Gasteiger partial charge in [-0.15, -0.1) is 0 Å². The molecule has 0 N–H and O–H groups in total. The lowest BCUT2D eigenvalue weighted by Gasteiger charge is -2.27. The third-order valence-electron chi connectivity index (χ3n) is 2.91. The highest BCUT2D eigenvalue weighted by atomic mass is 19.4. The predicted octanol–water partition coefficient (Wildman–Crippen LogP) is 3.04. The average molecular weight is 287 g/mol. The highest BCUT2D eigenvalue weighted by Crippen LogP contribution is 2.31. The van der Waals surface area contributed by atoms with Crippen LogP contribution < -0.4 is 0 Å². The van der Waals surface area contributed by atoms with Crippen LogP contribution in [0.25, 0.3) is 0 Å². The Morgan fingerprint density at radius 3 is 2.65 bits per heavy atom. The number of methoxy groups -OCH3 is 1. The fraction of sp³-hybridized carbons (Fsp3) is 0.357. The molecule has 6 heteroatoms. The number of hydrogen-bond acceptors (Lipinski definition) is 2. The molecule has 0 radical (unpaired) electrons. The topological polar surface area (TPSA) is 29.5 Å². The molecule has 3 nitrogen and oxygen atoms in total. The summed E-state index contributed by atoms with van der Waals surface area (Å²) in [5.74, 6) is -0.385. The van der Waals surface area contributed by atoms with Crippen LogP contribution in [0, 0.1) is 0 Å². The van der Waals surface area contributed by atoms with Gasteiger partial charge in [-0.25, -0.2) is 0 Å². The summed E-state index contributed by atoms with van der Waals surface area (Å²) in [5.41, 5.74) is -0.394. The number of benzene rings is 1. The maximum absolute atomic E-state index is 12.7. The maximum Gasteiger partial charge on any atom is 0.416 e. The quantitative estimate of drug-likeness (QED) is 0.779. The van der Waals surface area contributed by atoms with Gasteiger partial charge in [-0.05, 0) is 23.8 Å². The number of likely N-dealkylation sites (N-methyl/N-ethyl adjacent to an activating group) is 1. The molecule has 1 amide bonds. The minimum Gasteiger partial charge on any atom is -0.382 e. The fourth-order valence-electron chi connectivity index (χ4n) is 1.81. The SMILES string of the molecule is C=CC(=O)N(C)C(COC)c1cccc(C(F)(F)F)c1. The molecule has 110 valence electrons. The summed E-state index contributed by atoms with van der Waals surface area (Å²) in [4.78, 5) is 12.9. The van der Waals surface area contributed by atoms with Crippen LogP contribution in [0.3, 0.4) is 0 Å². The lowest BCUT2D eigenvalue weighted by Crippen LogP contribution is -2.32. The van der Waals surface area contributed by atoms with E-state index < -0.39 is 17.8 Å². The van der Waals surface area contributed by atoms with E-state index in [-0.39, 0.29) is 12.5 Å². The van der Waals surface area contributed by atoms with Gasteiger partial charge in [0.15, 0.2) is 0 Å². The van der Waals surface area contributed by atoms with E-state index in [1.807, 2.05) is 0 Å². The highest BCUT2D eigenvalue weighted by Gasteiger charge is 2.31. The standard InChI is InChI=1S/C14H16F3NO2/c1-4-13(19)18(2)12(9-20-3)10-6-5-7-11(8-10)14(15,16)17/h4-8,12H,1,9H2,2-3H3. The van der Waals surface area contributed by atoms with Crippen molar-refractivity contribution >= 4 is 5.91 Å². The van der Waals surface area contributed by atoms with Gasteiger partial charge in [-0.2, -0.15) is 13.2 Å². The summed E-state index contributed by atoms with van der Waals surface area (Å²) >= 11 is 0. The molecule has 1 atom stereocenters. The first kappa shape index (κ1) is 16.2. The maximum atomic E-state index is 12.7. The summed E-state index contributed by atoms with van der Waals surface area (Å²) in [6.45, 7) is 3.46. The van der Waals surface area contributed by atoms with Gasteiger partial charge in [0, 0.05) is 14.2 Å². The Kier molecular flexibility index (Phi) is 5.33. The van der Waals surface area contributed by atoms with Crippen LogP contribution >= 0.6 is 0 Å². The molecule has 0 aliphatic carbocycles. The van der Waals surface area contributed by atoms with Gasteiger partial charge in [0.1, 0.15) is 0 Å². The lowest BCUT2D eigenvalue weighted by molar-refractivity contribution is -0.137. The molecule has 1 rings (SSSR count). The van der Waals surface area contributed by atoms with Crippen LogP contribution in [0.5, 0.6) is 0 Å². The number of amides is 1. The Balaban J connectivity index is 3.15. The zero-order valence-corrected chi connectivity index (χ0v) is 11.3. The summed E-state index contributed by atoms with van der Waals surface area (Å²) in [7, 11) is 2.92. The van der Waals surface area contributed by atoms with Crippen LogP contribution in [0.1, 0.15) is 17.2 Å². The van der Waals surface area contributed by atoms with Crippen LogP contribution in [-0.2, 0) is 15.7 Å². The number of nitrogens with zero attached hydrogens (tertiary/aromatic N) is 1. The predicted molar refractivity (Wildman–Crippen MR) is 69.0 cm³/mol. The van der Waals surface area contributed by atoms with E-state index in [4.69, 9.17) is 4.74 Å².